The molecule has 0 heterocycles. The lowest BCUT2D eigenvalue weighted by Gasteiger charge is -2.25. The van der Waals surface area contributed by atoms with E-state index >= 15 is 0 Å². The fourth-order valence-corrected chi connectivity index (χ4v) is 1.69. The smallest absolute Gasteiger partial charge is 0.325 e. The Morgan fingerprint density at radius 3 is 2.22 bits per heavy atom. The van der Waals surface area contributed by atoms with Gasteiger partial charge in [-0.15, -0.1) is 0 Å². The van der Waals surface area contributed by atoms with E-state index in [9.17, 15) is 9.59 Å². The molecule has 0 saturated heterocycles. The van der Waals surface area contributed by atoms with Gasteiger partial charge in [0.15, 0.2) is 0 Å². The highest BCUT2D eigenvalue weighted by molar-refractivity contribution is 5.80. The van der Waals surface area contributed by atoms with Gasteiger partial charge in [-0.1, -0.05) is 26.7 Å². The number of esters is 1. The molecule has 0 aromatic heterocycles. The van der Waals surface area contributed by atoms with Gasteiger partial charge in [-0.25, -0.2) is 4.79 Å². The van der Waals surface area contributed by atoms with Crippen LogP contribution >= 0.6 is 0 Å². The van der Waals surface area contributed by atoms with Crippen LogP contribution in [0.1, 0.15) is 40.5 Å². The lowest BCUT2D eigenvalue weighted by molar-refractivity contribution is -0.141. The zero-order valence-electron chi connectivity index (χ0n) is 12.0. The zero-order valence-corrected chi connectivity index (χ0v) is 12.0. The van der Waals surface area contributed by atoms with E-state index in [1.807, 2.05) is 6.92 Å². The summed E-state index contributed by atoms with van der Waals surface area (Å²) in [6.07, 6.45) is 2.11. The van der Waals surface area contributed by atoms with Crippen LogP contribution in [0.15, 0.2) is 0 Å². The van der Waals surface area contributed by atoms with Crippen LogP contribution in [0, 0.1) is 5.92 Å². The summed E-state index contributed by atoms with van der Waals surface area (Å²) in [5.41, 5.74) is 0. The lowest BCUT2D eigenvalue weighted by atomic mass is 10.0. The molecule has 5 heteroatoms. The predicted octanol–water partition coefficient (Wildman–Crippen LogP) is 2.02. The molecule has 0 rings (SSSR count). The maximum absolute atomic E-state index is 11.9. The van der Waals surface area contributed by atoms with E-state index < -0.39 is 5.97 Å². The van der Waals surface area contributed by atoms with Crippen molar-refractivity contribution in [1.29, 1.82) is 0 Å². The van der Waals surface area contributed by atoms with Crippen LogP contribution in [-0.2, 0) is 9.53 Å². The predicted molar refractivity (Wildman–Crippen MR) is 71.4 cm³/mol. The minimum Gasteiger partial charge on any atom is -0.465 e. The molecule has 0 spiro atoms. The summed E-state index contributed by atoms with van der Waals surface area (Å²) < 4.78 is 4.76. The van der Waals surface area contributed by atoms with E-state index in [-0.39, 0.29) is 12.6 Å². The number of nitrogens with one attached hydrogen (secondary N) is 1. The van der Waals surface area contributed by atoms with Gasteiger partial charge in [0.05, 0.1) is 6.61 Å². The maximum Gasteiger partial charge on any atom is 0.325 e. The molecule has 0 bridgehead atoms. The second-order valence-electron chi connectivity index (χ2n) is 4.18. The van der Waals surface area contributed by atoms with Gasteiger partial charge in [-0.2, -0.15) is 0 Å². The van der Waals surface area contributed by atoms with Gasteiger partial charge in [0.1, 0.15) is 6.54 Å². The highest BCUT2D eigenvalue weighted by Gasteiger charge is 2.16. The van der Waals surface area contributed by atoms with Crippen molar-refractivity contribution in [3.8, 4) is 0 Å². The van der Waals surface area contributed by atoms with E-state index in [0.717, 1.165) is 19.4 Å². The first kappa shape index (κ1) is 16.7. The summed E-state index contributed by atoms with van der Waals surface area (Å²) in [4.78, 5) is 24.7. The number of rotatable bonds is 8. The molecule has 5 nitrogen and oxygen atoms in total. The molecule has 0 unspecified atom stereocenters. The van der Waals surface area contributed by atoms with Crippen molar-refractivity contribution in [2.75, 3.05) is 26.2 Å². The normalized spacial score (nSPS) is 10.3. The zero-order chi connectivity index (χ0) is 14.0. The van der Waals surface area contributed by atoms with E-state index in [1.54, 1.807) is 11.8 Å². The monoisotopic (exact) mass is 258 g/mol. The highest BCUT2D eigenvalue weighted by Crippen LogP contribution is 2.09. The summed E-state index contributed by atoms with van der Waals surface area (Å²) in [5, 5.41) is 2.58. The number of ether oxygens (including phenoxy) is 1. The van der Waals surface area contributed by atoms with Crippen LogP contribution in [-0.4, -0.2) is 43.1 Å². The number of amides is 2. The Morgan fingerprint density at radius 1 is 1.17 bits per heavy atom. The molecular weight excluding hydrogens is 232 g/mol. The maximum atomic E-state index is 11.9. The Labute approximate surface area is 110 Å². The first-order valence-corrected chi connectivity index (χ1v) is 6.77. The van der Waals surface area contributed by atoms with Crippen molar-refractivity contribution in [2.24, 2.45) is 5.92 Å². The average Bonchev–Trinajstić information content (AvgIpc) is 2.38. The van der Waals surface area contributed by atoms with E-state index in [1.165, 1.54) is 0 Å². The Morgan fingerprint density at radius 2 is 1.78 bits per heavy atom. The summed E-state index contributed by atoms with van der Waals surface area (Å²) in [6, 6.07) is -0.197. The average molecular weight is 258 g/mol. The summed E-state index contributed by atoms with van der Waals surface area (Å²) in [7, 11) is 0. The van der Waals surface area contributed by atoms with Crippen molar-refractivity contribution in [3.05, 3.63) is 0 Å². The quantitative estimate of drug-likeness (QED) is 0.678. The largest absolute Gasteiger partial charge is 0.465 e. The van der Waals surface area contributed by atoms with Crippen LogP contribution < -0.4 is 5.32 Å². The van der Waals surface area contributed by atoms with E-state index in [0.29, 0.717) is 19.1 Å². The number of nitrogens with zero attached hydrogens (tertiary/aromatic N) is 1. The van der Waals surface area contributed by atoms with Crippen molar-refractivity contribution in [1.82, 2.24) is 10.2 Å². The van der Waals surface area contributed by atoms with Crippen LogP contribution in [0.3, 0.4) is 0 Å². The minimum atomic E-state index is -0.399. The standard InChI is InChI=1S/C13H26N2O3/c1-5-11(6-2)10-15(7-3)13(17)14-9-12(16)18-8-4/h11H,5-10H2,1-4H3,(H,14,17). The van der Waals surface area contributed by atoms with Crippen LogP contribution in [0.2, 0.25) is 0 Å². The van der Waals surface area contributed by atoms with Gasteiger partial charge in [0.2, 0.25) is 0 Å². The number of carbonyl (C=O) groups excluding carboxylic acids is 2. The van der Waals surface area contributed by atoms with Gasteiger partial charge in [-0.3, -0.25) is 4.79 Å². The third-order valence-corrected chi connectivity index (χ3v) is 2.99. The Balaban J connectivity index is 4.14. The molecule has 0 atom stereocenters. The molecule has 106 valence electrons. The molecule has 18 heavy (non-hydrogen) atoms. The molecule has 0 aliphatic carbocycles. The van der Waals surface area contributed by atoms with Crippen molar-refractivity contribution in [2.45, 2.75) is 40.5 Å². The third-order valence-electron chi connectivity index (χ3n) is 2.99. The lowest BCUT2D eigenvalue weighted by Crippen LogP contribution is -2.44. The molecule has 0 fully saturated rings. The van der Waals surface area contributed by atoms with Crippen LogP contribution in [0.25, 0.3) is 0 Å². The summed E-state index contributed by atoms with van der Waals surface area (Å²) in [6.45, 7) is 9.57. The van der Waals surface area contributed by atoms with Crippen molar-refractivity contribution < 1.29 is 14.3 Å². The fourth-order valence-electron chi connectivity index (χ4n) is 1.69. The molecule has 0 aromatic carbocycles. The molecule has 2 amide bonds. The second-order valence-corrected chi connectivity index (χ2v) is 4.18. The van der Waals surface area contributed by atoms with Gasteiger partial charge >= 0.3 is 12.0 Å². The molecular formula is C13H26N2O3. The molecule has 0 aliphatic heterocycles. The topological polar surface area (TPSA) is 58.6 Å². The molecule has 0 aromatic rings. The van der Waals surface area contributed by atoms with E-state index in [2.05, 4.69) is 19.2 Å². The number of hydrogen-bond acceptors (Lipinski definition) is 3. The van der Waals surface area contributed by atoms with Gasteiger partial charge in [0, 0.05) is 13.1 Å². The molecule has 0 saturated carbocycles. The Bertz CT molecular complexity index is 253. The van der Waals surface area contributed by atoms with Gasteiger partial charge in [-0.05, 0) is 19.8 Å². The number of hydrogen-bond donors (Lipinski definition) is 1. The second kappa shape index (κ2) is 9.74. The number of carbonyl (C=O) groups is 2. The van der Waals surface area contributed by atoms with E-state index in [4.69, 9.17) is 4.74 Å². The highest BCUT2D eigenvalue weighted by atomic mass is 16.5. The first-order valence-electron chi connectivity index (χ1n) is 6.77. The summed E-state index contributed by atoms with van der Waals surface area (Å²) >= 11 is 0. The Hall–Kier alpha value is -1.26. The fraction of sp³-hybridized carbons (Fsp3) is 0.846. The van der Waals surface area contributed by atoms with Crippen molar-refractivity contribution >= 4 is 12.0 Å². The molecule has 0 aliphatic rings. The molecule has 0 radical (unpaired) electrons. The van der Waals surface area contributed by atoms with Gasteiger partial charge in [0.25, 0.3) is 0 Å². The van der Waals surface area contributed by atoms with Crippen LogP contribution in [0.5, 0.6) is 0 Å². The van der Waals surface area contributed by atoms with Crippen LogP contribution in [0.4, 0.5) is 4.79 Å². The molecule has 1 N–H and O–H groups in total. The Kier molecular flexibility index (Phi) is 9.06. The minimum absolute atomic E-state index is 0.0634. The summed E-state index contributed by atoms with van der Waals surface area (Å²) in [5.74, 6) is 0.114. The number of urea groups is 1. The first-order chi connectivity index (χ1) is 8.58. The van der Waals surface area contributed by atoms with Gasteiger partial charge < -0.3 is 15.0 Å². The van der Waals surface area contributed by atoms with Crippen molar-refractivity contribution in [3.63, 3.8) is 0 Å². The third kappa shape index (κ3) is 6.47. The SMILES string of the molecule is CCOC(=O)CNC(=O)N(CC)CC(CC)CC.